The molecule has 15 heteroatoms. The Morgan fingerprint density at radius 2 is 1.65 bits per heavy atom. The molecule has 5 rings (SSSR count). The molecule has 1 aliphatic carbocycles. The molecule has 10 nitrogen and oxygen atoms in total. The number of carboxylic acids is 1. The van der Waals surface area contributed by atoms with E-state index >= 15 is 8.78 Å². The number of rotatable bonds is 12. The predicted octanol–water partition coefficient (Wildman–Crippen LogP) is 6.73. The van der Waals surface area contributed by atoms with Crippen LogP contribution in [-0.4, -0.2) is 75.3 Å². The van der Waals surface area contributed by atoms with E-state index in [1.165, 1.54) is 25.0 Å². The topological polar surface area (TPSA) is 129 Å². The van der Waals surface area contributed by atoms with E-state index in [0.717, 1.165) is 61.2 Å². The van der Waals surface area contributed by atoms with Gasteiger partial charge in [0.05, 0.1) is 5.69 Å². The van der Waals surface area contributed by atoms with Crippen LogP contribution in [0.4, 0.5) is 27.9 Å². The van der Waals surface area contributed by atoms with Crippen LogP contribution in [-0.2, 0) is 4.79 Å². The van der Waals surface area contributed by atoms with E-state index in [2.05, 4.69) is 34.4 Å². The number of hydrogen-bond donors (Lipinski definition) is 3. The van der Waals surface area contributed by atoms with Crippen LogP contribution in [0, 0.1) is 24.5 Å². The molecule has 0 aliphatic heterocycles. The summed E-state index contributed by atoms with van der Waals surface area (Å²) < 4.78 is 62.8. The van der Waals surface area contributed by atoms with Crippen LogP contribution < -0.4 is 16.2 Å². The first kappa shape index (κ1) is 38.9. The number of benzene rings is 2. The summed E-state index contributed by atoms with van der Waals surface area (Å²) in [6.45, 7) is 10.1. The maximum atomic E-state index is 15.0. The number of carboxylic acid groups (broad SMARTS) is 1. The van der Waals surface area contributed by atoms with Gasteiger partial charge >= 0.3 is 12.1 Å². The maximum Gasteiger partial charge on any atom is 0.490 e. The van der Waals surface area contributed by atoms with Crippen molar-refractivity contribution in [3.8, 4) is 16.9 Å². The first-order valence-corrected chi connectivity index (χ1v) is 16.8. The fraction of sp³-hybridized carbons (Fsp3) is 0.417. The quantitative estimate of drug-likeness (QED) is 0.109. The van der Waals surface area contributed by atoms with Crippen LogP contribution in [0.1, 0.15) is 61.9 Å². The Kier molecular flexibility index (Phi) is 13.2. The van der Waals surface area contributed by atoms with E-state index in [1.807, 2.05) is 13.0 Å². The number of nitrogens with zero attached hydrogens (tertiary/aromatic N) is 4. The number of aromatic nitrogens is 3. The minimum Gasteiger partial charge on any atom is -0.475 e. The standard InChI is InChI=1S/C34H40F2N6O2.C2HF3O2/c1-4-41(5-2)19-9-18-37-34-39-30(26-20-24(15-14-22(26)3)33(44)38-21-23-10-6-7-11-23)25-16-17-29(43)42(32(25)40-34)31-27(35)12-8-13-28(31)36;3-2(4,5)1(6)7/h8,12-17,20,23H,4-7,9-11,18-19,21H2,1-3H3,(H,38,44)(H,37,39,40);(H,6,7). The van der Waals surface area contributed by atoms with Crippen molar-refractivity contribution < 1.29 is 36.6 Å². The molecule has 0 saturated heterocycles. The summed E-state index contributed by atoms with van der Waals surface area (Å²) in [4.78, 5) is 47.0. The Balaban J connectivity index is 0.000000755. The number of alkyl halides is 3. The number of para-hydroxylation sites is 1. The van der Waals surface area contributed by atoms with E-state index in [9.17, 15) is 22.8 Å². The lowest BCUT2D eigenvalue weighted by Gasteiger charge is -2.18. The molecule has 1 saturated carbocycles. The minimum absolute atomic E-state index is 0.0632. The summed E-state index contributed by atoms with van der Waals surface area (Å²) >= 11 is 0. The Morgan fingerprint density at radius 3 is 2.25 bits per heavy atom. The van der Waals surface area contributed by atoms with Crippen molar-refractivity contribution in [3.05, 3.63) is 81.6 Å². The molecule has 0 radical (unpaired) electrons. The zero-order chi connectivity index (χ0) is 37.3. The number of anilines is 1. The number of hydrogen-bond acceptors (Lipinski definition) is 7. The van der Waals surface area contributed by atoms with Gasteiger partial charge in [-0.05, 0) is 87.6 Å². The molecule has 0 spiro atoms. The molecule has 0 atom stereocenters. The SMILES string of the molecule is CCN(CC)CCCNc1nc(-c2cc(C(=O)NCC3CCCC3)ccc2C)c2ccc(=O)n(-c3c(F)cccc3F)c2n1.O=C(O)C(F)(F)F. The van der Waals surface area contributed by atoms with Gasteiger partial charge in [-0.25, -0.2) is 18.6 Å². The largest absolute Gasteiger partial charge is 0.490 e. The second kappa shape index (κ2) is 17.3. The van der Waals surface area contributed by atoms with Crippen LogP contribution in [0.3, 0.4) is 0 Å². The number of aliphatic carboxylic acids is 1. The Bertz CT molecular complexity index is 1890. The Morgan fingerprint density at radius 1 is 1.00 bits per heavy atom. The van der Waals surface area contributed by atoms with Gasteiger partial charge in [-0.15, -0.1) is 0 Å². The van der Waals surface area contributed by atoms with E-state index in [-0.39, 0.29) is 17.5 Å². The van der Waals surface area contributed by atoms with Gasteiger partial charge in [0.15, 0.2) is 5.65 Å². The molecule has 1 amide bonds. The van der Waals surface area contributed by atoms with Crippen LogP contribution in [0.15, 0.2) is 53.3 Å². The molecule has 2 aromatic heterocycles. The maximum absolute atomic E-state index is 15.0. The highest BCUT2D eigenvalue weighted by molar-refractivity contribution is 5.98. The number of halogens is 5. The van der Waals surface area contributed by atoms with Crippen molar-refractivity contribution in [1.29, 1.82) is 0 Å². The van der Waals surface area contributed by atoms with Crippen molar-refractivity contribution in [1.82, 2.24) is 24.8 Å². The van der Waals surface area contributed by atoms with Gasteiger partial charge < -0.3 is 20.6 Å². The molecule has 3 N–H and O–H groups in total. The van der Waals surface area contributed by atoms with Crippen molar-refractivity contribution >= 4 is 28.9 Å². The summed E-state index contributed by atoms with van der Waals surface area (Å²) in [5.41, 5.74) is 1.38. The zero-order valence-electron chi connectivity index (χ0n) is 28.6. The van der Waals surface area contributed by atoms with Crippen molar-refractivity contribution in [3.63, 3.8) is 0 Å². The highest BCUT2D eigenvalue weighted by atomic mass is 19.4. The summed E-state index contributed by atoms with van der Waals surface area (Å²) in [5, 5.41) is 13.9. The second-order valence-electron chi connectivity index (χ2n) is 12.2. The number of nitrogens with one attached hydrogen (secondary N) is 2. The van der Waals surface area contributed by atoms with Crippen LogP contribution in [0.2, 0.25) is 0 Å². The number of amides is 1. The molecule has 1 aliphatic rings. The molecular weight excluding hydrogens is 675 g/mol. The van der Waals surface area contributed by atoms with E-state index in [4.69, 9.17) is 14.9 Å². The normalized spacial score (nSPS) is 13.3. The number of carbonyl (C=O) groups is 2. The molecule has 2 aromatic carbocycles. The Labute approximate surface area is 291 Å². The molecule has 274 valence electrons. The van der Waals surface area contributed by atoms with Gasteiger partial charge in [0, 0.05) is 35.7 Å². The second-order valence-corrected chi connectivity index (χ2v) is 12.2. The van der Waals surface area contributed by atoms with Gasteiger partial charge in [-0.3, -0.25) is 14.2 Å². The lowest BCUT2D eigenvalue weighted by Crippen LogP contribution is -2.28. The number of pyridine rings is 1. The van der Waals surface area contributed by atoms with Crippen LogP contribution in [0.5, 0.6) is 0 Å². The van der Waals surface area contributed by atoms with E-state index in [0.29, 0.717) is 41.2 Å². The fourth-order valence-corrected chi connectivity index (χ4v) is 5.93. The van der Waals surface area contributed by atoms with Crippen molar-refractivity contribution in [2.75, 3.05) is 38.0 Å². The van der Waals surface area contributed by atoms with Crippen molar-refractivity contribution in [2.45, 2.75) is 59.1 Å². The fourth-order valence-electron chi connectivity index (χ4n) is 5.93. The predicted molar refractivity (Wildman–Crippen MR) is 184 cm³/mol. The molecule has 2 heterocycles. The van der Waals surface area contributed by atoms with Gasteiger partial charge in [0.25, 0.3) is 11.5 Å². The number of fused-ring (bicyclic) bond motifs is 1. The molecule has 0 unspecified atom stereocenters. The lowest BCUT2D eigenvalue weighted by molar-refractivity contribution is -0.192. The monoisotopic (exact) mass is 716 g/mol. The van der Waals surface area contributed by atoms with Gasteiger partial charge in [0.2, 0.25) is 5.95 Å². The summed E-state index contributed by atoms with van der Waals surface area (Å²) in [5.74, 6) is -3.97. The lowest BCUT2D eigenvalue weighted by atomic mass is 9.99. The average Bonchev–Trinajstić information content (AvgIpc) is 3.62. The highest BCUT2D eigenvalue weighted by Gasteiger charge is 2.38. The minimum atomic E-state index is -5.08. The first-order valence-electron chi connectivity index (χ1n) is 16.8. The molecule has 51 heavy (non-hydrogen) atoms. The van der Waals surface area contributed by atoms with E-state index in [1.54, 1.807) is 18.2 Å². The summed E-state index contributed by atoms with van der Waals surface area (Å²) in [6, 6.07) is 11.7. The highest BCUT2D eigenvalue weighted by Crippen LogP contribution is 2.32. The van der Waals surface area contributed by atoms with Gasteiger partial charge in [-0.1, -0.05) is 38.8 Å². The third-order valence-corrected chi connectivity index (χ3v) is 8.76. The molecule has 1 fully saturated rings. The van der Waals surface area contributed by atoms with Gasteiger partial charge in [0.1, 0.15) is 17.3 Å². The first-order chi connectivity index (χ1) is 24.2. The molecular formula is C36H41F5N6O4. The smallest absolute Gasteiger partial charge is 0.475 e. The zero-order valence-corrected chi connectivity index (χ0v) is 28.6. The average molecular weight is 717 g/mol. The third kappa shape index (κ3) is 9.87. The van der Waals surface area contributed by atoms with Crippen LogP contribution >= 0.6 is 0 Å². The third-order valence-electron chi connectivity index (χ3n) is 8.76. The van der Waals surface area contributed by atoms with E-state index < -0.39 is 35.0 Å². The summed E-state index contributed by atoms with van der Waals surface area (Å²) in [7, 11) is 0. The molecule has 0 bridgehead atoms. The summed E-state index contributed by atoms with van der Waals surface area (Å²) in [6.07, 6.45) is 0.383. The van der Waals surface area contributed by atoms with Gasteiger partial charge in [-0.2, -0.15) is 18.2 Å². The number of aryl methyl sites for hydroxylation is 1. The van der Waals surface area contributed by atoms with Crippen LogP contribution in [0.25, 0.3) is 28.0 Å². The number of carbonyl (C=O) groups excluding carboxylic acids is 1. The Hall–Kier alpha value is -4.92. The van der Waals surface area contributed by atoms with Crippen molar-refractivity contribution in [2.24, 2.45) is 5.92 Å². The molecule has 4 aromatic rings.